The van der Waals surface area contributed by atoms with E-state index >= 15 is 0 Å². The fourth-order valence-electron chi connectivity index (χ4n) is 3.29. The summed E-state index contributed by atoms with van der Waals surface area (Å²) in [7, 11) is 3.18. The molecule has 0 saturated carbocycles. The van der Waals surface area contributed by atoms with Crippen LogP contribution in [0, 0.1) is 5.92 Å². The van der Waals surface area contributed by atoms with Crippen molar-refractivity contribution in [2.75, 3.05) is 27.4 Å². The minimum atomic E-state index is -0.156. The standard InChI is InChI=1S/C24H33NO5/c1-7-29-20-12-10-18(13-22(20)30-8-2)24(16(3)4)25-23(26)14-17-9-11-19(27-5)15-21(17)28-6/h9-13,15-16,24H,7-8,14H2,1-6H3,(H,25,26). The summed E-state index contributed by atoms with van der Waals surface area (Å²) in [5, 5.41) is 3.16. The molecule has 0 aliphatic rings. The Hall–Kier alpha value is -2.89. The topological polar surface area (TPSA) is 66.0 Å². The molecule has 0 bridgehead atoms. The van der Waals surface area contributed by atoms with E-state index in [2.05, 4.69) is 19.2 Å². The normalized spacial score (nSPS) is 11.7. The number of nitrogens with one attached hydrogen (secondary N) is 1. The molecule has 1 amide bonds. The van der Waals surface area contributed by atoms with Crippen LogP contribution in [0.25, 0.3) is 0 Å². The summed E-state index contributed by atoms with van der Waals surface area (Å²) in [6, 6.07) is 11.1. The highest BCUT2D eigenvalue weighted by atomic mass is 16.5. The zero-order valence-electron chi connectivity index (χ0n) is 18.8. The first-order chi connectivity index (χ1) is 14.4. The maximum absolute atomic E-state index is 12.8. The molecule has 6 nitrogen and oxygen atoms in total. The van der Waals surface area contributed by atoms with E-state index in [0.29, 0.717) is 36.2 Å². The predicted octanol–water partition coefficient (Wildman–Crippen LogP) is 4.56. The van der Waals surface area contributed by atoms with E-state index in [1.54, 1.807) is 20.3 Å². The number of ether oxygens (including phenoxy) is 4. The van der Waals surface area contributed by atoms with Gasteiger partial charge in [-0.2, -0.15) is 0 Å². The maximum atomic E-state index is 12.8. The van der Waals surface area contributed by atoms with Crippen LogP contribution in [0.4, 0.5) is 0 Å². The van der Waals surface area contributed by atoms with Crippen LogP contribution in [0.3, 0.4) is 0 Å². The van der Waals surface area contributed by atoms with Gasteiger partial charge in [-0.15, -0.1) is 0 Å². The average Bonchev–Trinajstić information content (AvgIpc) is 2.73. The molecule has 0 aliphatic heterocycles. The third-order valence-electron chi connectivity index (χ3n) is 4.75. The van der Waals surface area contributed by atoms with Crippen LogP contribution in [-0.4, -0.2) is 33.3 Å². The fourth-order valence-corrected chi connectivity index (χ4v) is 3.29. The molecule has 0 radical (unpaired) electrons. The van der Waals surface area contributed by atoms with Gasteiger partial charge >= 0.3 is 0 Å². The second-order valence-corrected chi connectivity index (χ2v) is 7.22. The monoisotopic (exact) mass is 415 g/mol. The van der Waals surface area contributed by atoms with Crippen molar-refractivity contribution in [2.45, 2.75) is 40.2 Å². The van der Waals surface area contributed by atoms with Gasteiger partial charge in [0.1, 0.15) is 11.5 Å². The highest BCUT2D eigenvalue weighted by Gasteiger charge is 2.21. The number of hydrogen-bond donors (Lipinski definition) is 1. The smallest absolute Gasteiger partial charge is 0.225 e. The molecule has 0 aromatic heterocycles. The van der Waals surface area contributed by atoms with Crippen molar-refractivity contribution in [3.63, 3.8) is 0 Å². The van der Waals surface area contributed by atoms with Crippen molar-refractivity contribution < 1.29 is 23.7 Å². The molecule has 2 aromatic carbocycles. The van der Waals surface area contributed by atoms with Crippen LogP contribution in [0.2, 0.25) is 0 Å². The molecule has 0 aliphatic carbocycles. The number of rotatable bonds is 11. The van der Waals surface area contributed by atoms with E-state index < -0.39 is 0 Å². The Bertz CT molecular complexity index is 834. The van der Waals surface area contributed by atoms with Gasteiger partial charge in [-0.3, -0.25) is 4.79 Å². The molecule has 0 spiro atoms. The largest absolute Gasteiger partial charge is 0.497 e. The molecule has 2 rings (SSSR count). The van der Waals surface area contributed by atoms with E-state index in [-0.39, 0.29) is 24.3 Å². The lowest BCUT2D eigenvalue weighted by Gasteiger charge is -2.24. The average molecular weight is 416 g/mol. The Balaban J connectivity index is 2.21. The summed E-state index contributed by atoms with van der Waals surface area (Å²) in [5.74, 6) is 2.83. The molecular weight excluding hydrogens is 382 g/mol. The number of hydrogen-bond acceptors (Lipinski definition) is 5. The Morgan fingerprint density at radius 2 is 1.60 bits per heavy atom. The van der Waals surface area contributed by atoms with Crippen LogP contribution in [0.15, 0.2) is 36.4 Å². The van der Waals surface area contributed by atoms with E-state index in [1.165, 1.54) is 0 Å². The molecule has 6 heteroatoms. The van der Waals surface area contributed by atoms with E-state index in [4.69, 9.17) is 18.9 Å². The second-order valence-electron chi connectivity index (χ2n) is 7.22. The summed E-state index contributed by atoms with van der Waals surface area (Å²) >= 11 is 0. The quantitative estimate of drug-likeness (QED) is 0.583. The van der Waals surface area contributed by atoms with Gasteiger partial charge in [0, 0.05) is 11.6 Å². The summed E-state index contributed by atoms with van der Waals surface area (Å²) in [6.45, 7) is 9.14. The van der Waals surface area contributed by atoms with Crippen LogP contribution in [-0.2, 0) is 11.2 Å². The first-order valence-corrected chi connectivity index (χ1v) is 10.3. The zero-order valence-corrected chi connectivity index (χ0v) is 18.8. The van der Waals surface area contributed by atoms with Gasteiger partial charge < -0.3 is 24.3 Å². The number of benzene rings is 2. The summed E-state index contributed by atoms with van der Waals surface area (Å²) in [4.78, 5) is 12.8. The Morgan fingerprint density at radius 3 is 2.20 bits per heavy atom. The lowest BCUT2D eigenvalue weighted by Crippen LogP contribution is -2.33. The van der Waals surface area contributed by atoms with Crippen LogP contribution in [0.5, 0.6) is 23.0 Å². The molecule has 1 atom stereocenters. The molecule has 1 unspecified atom stereocenters. The zero-order chi connectivity index (χ0) is 22.1. The molecule has 30 heavy (non-hydrogen) atoms. The lowest BCUT2D eigenvalue weighted by molar-refractivity contribution is -0.121. The van der Waals surface area contributed by atoms with Crippen molar-refractivity contribution in [1.82, 2.24) is 5.32 Å². The summed E-state index contributed by atoms with van der Waals surface area (Å²) in [5.41, 5.74) is 1.78. The SMILES string of the molecule is CCOc1ccc(C(NC(=O)Cc2ccc(OC)cc2OC)C(C)C)cc1OCC. The minimum absolute atomic E-state index is 0.0796. The van der Waals surface area contributed by atoms with Crippen LogP contribution in [0.1, 0.15) is 44.9 Å². The van der Waals surface area contributed by atoms with Crippen LogP contribution >= 0.6 is 0 Å². The van der Waals surface area contributed by atoms with Gasteiger partial charge in [0.15, 0.2) is 11.5 Å². The van der Waals surface area contributed by atoms with Crippen molar-refractivity contribution in [1.29, 1.82) is 0 Å². The van der Waals surface area contributed by atoms with E-state index in [0.717, 1.165) is 11.1 Å². The summed E-state index contributed by atoms with van der Waals surface area (Å²) in [6.07, 6.45) is 0.214. The Labute approximate surface area is 179 Å². The van der Waals surface area contributed by atoms with Gasteiger partial charge in [-0.05, 0) is 43.5 Å². The summed E-state index contributed by atoms with van der Waals surface area (Å²) < 4.78 is 22.0. The molecule has 1 N–H and O–H groups in total. The minimum Gasteiger partial charge on any atom is -0.497 e. The van der Waals surface area contributed by atoms with Gasteiger partial charge in [0.25, 0.3) is 0 Å². The molecule has 164 valence electrons. The van der Waals surface area contributed by atoms with Gasteiger partial charge in [-0.25, -0.2) is 0 Å². The Morgan fingerprint density at radius 1 is 0.900 bits per heavy atom. The number of amides is 1. The van der Waals surface area contributed by atoms with Crippen molar-refractivity contribution in [3.8, 4) is 23.0 Å². The predicted molar refractivity (Wildman–Crippen MR) is 118 cm³/mol. The number of carbonyl (C=O) groups is 1. The van der Waals surface area contributed by atoms with E-state index in [1.807, 2.05) is 44.2 Å². The molecule has 0 saturated heterocycles. The Kier molecular flexibility index (Phi) is 8.84. The second kappa shape index (κ2) is 11.3. The third kappa shape index (κ3) is 6.05. The number of carbonyl (C=O) groups excluding carboxylic acids is 1. The molecular formula is C24H33NO5. The maximum Gasteiger partial charge on any atom is 0.225 e. The first kappa shape index (κ1) is 23.4. The first-order valence-electron chi connectivity index (χ1n) is 10.3. The fraction of sp³-hybridized carbons (Fsp3) is 0.458. The van der Waals surface area contributed by atoms with Gasteiger partial charge in [-0.1, -0.05) is 26.0 Å². The van der Waals surface area contributed by atoms with Crippen molar-refractivity contribution in [2.24, 2.45) is 5.92 Å². The lowest BCUT2D eigenvalue weighted by atomic mass is 9.95. The van der Waals surface area contributed by atoms with Gasteiger partial charge in [0.05, 0.1) is 39.9 Å². The highest BCUT2D eigenvalue weighted by Crippen LogP contribution is 2.33. The van der Waals surface area contributed by atoms with Crippen LogP contribution < -0.4 is 24.3 Å². The van der Waals surface area contributed by atoms with Crippen molar-refractivity contribution in [3.05, 3.63) is 47.5 Å². The van der Waals surface area contributed by atoms with Gasteiger partial charge in [0.2, 0.25) is 5.91 Å². The molecule has 0 fully saturated rings. The number of methoxy groups -OCH3 is 2. The van der Waals surface area contributed by atoms with E-state index in [9.17, 15) is 4.79 Å². The highest BCUT2D eigenvalue weighted by molar-refractivity contribution is 5.80. The third-order valence-corrected chi connectivity index (χ3v) is 4.75. The molecule has 2 aromatic rings. The molecule has 0 heterocycles. The van der Waals surface area contributed by atoms with Crippen molar-refractivity contribution >= 4 is 5.91 Å².